The van der Waals surface area contributed by atoms with Crippen LogP contribution >= 0.6 is 11.3 Å². The van der Waals surface area contributed by atoms with E-state index < -0.39 is 15.8 Å². The van der Waals surface area contributed by atoms with Crippen LogP contribution in [0.15, 0.2) is 6.07 Å². The van der Waals surface area contributed by atoms with Crippen molar-refractivity contribution in [3.8, 4) is 0 Å². The van der Waals surface area contributed by atoms with E-state index in [0.29, 0.717) is 23.8 Å². The first-order chi connectivity index (χ1) is 13.1. The fourth-order valence-electron chi connectivity index (χ4n) is 3.96. The zero-order chi connectivity index (χ0) is 20.5. The highest BCUT2D eigenvalue weighted by Gasteiger charge is 2.35. The van der Waals surface area contributed by atoms with Crippen molar-refractivity contribution in [2.75, 3.05) is 24.7 Å². The normalized spacial score (nSPS) is 23.4. The van der Waals surface area contributed by atoms with Crippen molar-refractivity contribution in [1.29, 1.82) is 0 Å². The summed E-state index contributed by atoms with van der Waals surface area (Å²) in [5.41, 5.74) is 1.22. The SMILES string of the molecule is CC(C)CN(C(=O)COC(=O)c1cc2c(s1)CC[C@@H](C)C2)[C@H]1CCS(=O)(=O)C1. The van der Waals surface area contributed by atoms with E-state index in [0.717, 1.165) is 19.3 Å². The molecule has 1 saturated heterocycles. The molecule has 8 heteroatoms. The molecule has 1 amide bonds. The minimum absolute atomic E-state index is 0.00473. The van der Waals surface area contributed by atoms with E-state index in [2.05, 4.69) is 6.92 Å². The predicted octanol–water partition coefficient (Wildman–Crippen LogP) is 2.70. The lowest BCUT2D eigenvalue weighted by Gasteiger charge is -2.29. The smallest absolute Gasteiger partial charge is 0.348 e. The van der Waals surface area contributed by atoms with E-state index in [9.17, 15) is 18.0 Å². The maximum atomic E-state index is 12.7. The van der Waals surface area contributed by atoms with Gasteiger partial charge in [-0.15, -0.1) is 11.3 Å². The Kier molecular flexibility index (Phi) is 6.49. The molecule has 2 atom stereocenters. The Hall–Kier alpha value is -1.41. The molecule has 1 aromatic rings. The van der Waals surface area contributed by atoms with Gasteiger partial charge in [0.15, 0.2) is 16.4 Å². The van der Waals surface area contributed by atoms with Gasteiger partial charge in [-0.1, -0.05) is 20.8 Å². The highest BCUT2D eigenvalue weighted by Crippen LogP contribution is 2.32. The second kappa shape index (κ2) is 8.53. The standard InChI is InChI=1S/C20H29NO5S2/c1-13(2)10-21(16-6-7-28(24,25)12-16)19(22)11-26-20(23)18-9-15-8-14(3)4-5-17(15)27-18/h9,13-14,16H,4-8,10-12H2,1-3H3/t14-,16+/m1/s1. The van der Waals surface area contributed by atoms with Gasteiger partial charge in [-0.05, 0) is 49.1 Å². The van der Waals surface area contributed by atoms with Crippen LogP contribution < -0.4 is 0 Å². The van der Waals surface area contributed by atoms with Gasteiger partial charge >= 0.3 is 5.97 Å². The van der Waals surface area contributed by atoms with Gasteiger partial charge in [-0.25, -0.2) is 13.2 Å². The lowest BCUT2D eigenvalue weighted by atomic mass is 9.90. The molecule has 0 spiro atoms. The summed E-state index contributed by atoms with van der Waals surface area (Å²) in [6.07, 6.45) is 3.56. The van der Waals surface area contributed by atoms with Gasteiger partial charge in [-0.3, -0.25) is 4.79 Å². The van der Waals surface area contributed by atoms with Crippen LogP contribution in [0.25, 0.3) is 0 Å². The molecule has 156 valence electrons. The summed E-state index contributed by atoms with van der Waals surface area (Å²) in [5.74, 6) is 0.144. The number of carbonyl (C=O) groups excluding carboxylic acids is 2. The summed E-state index contributed by atoms with van der Waals surface area (Å²) in [5, 5.41) is 0. The number of hydrogen-bond acceptors (Lipinski definition) is 6. The van der Waals surface area contributed by atoms with Crippen LogP contribution in [0, 0.1) is 11.8 Å². The van der Waals surface area contributed by atoms with Gasteiger partial charge in [0.1, 0.15) is 4.88 Å². The van der Waals surface area contributed by atoms with Crippen molar-refractivity contribution in [2.24, 2.45) is 11.8 Å². The second-order valence-electron chi connectivity index (χ2n) is 8.48. The summed E-state index contributed by atoms with van der Waals surface area (Å²) in [7, 11) is -3.09. The number of sulfone groups is 1. The summed E-state index contributed by atoms with van der Waals surface area (Å²) in [6.45, 7) is 6.28. The number of fused-ring (bicyclic) bond motifs is 1. The van der Waals surface area contributed by atoms with Gasteiger partial charge in [0.05, 0.1) is 11.5 Å². The zero-order valence-electron chi connectivity index (χ0n) is 16.8. The van der Waals surface area contributed by atoms with Crippen molar-refractivity contribution in [3.63, 3.8) is 0 Å². The molecule has 1 aliphatic heterocycles. The van der Waals surface area contributed by atoms with Gasteiger partial charge in [0.2, 0.25) is 0 Å². The predicted molar refractivity (Wildman–Crippen MR) is 109 cm³/mol. The molecule has 28 heavy (non-hydrogen) atoms. The topological polar surface area (TPSA) is 80.8 Å². The molecule has 2 heterocycles. The number of hydrogen-bond donors (Lipinski definition) is 0. The molecule has 1 aliphatic carbocycles. The first-order valence-electron chi connectivity index (χ1n) is 9.93. The fraction of sp³-hybridized carbons (Fsp3) is 0.700. The summed E-state index contributed by atoms with van der Waals surface area (Å²) in [4.78, 5) is 28.5. The largest absolute Gasteiger partial charge is 0.451 e. The first kappa shape index (κ1) is 21.3. The Labute approximate surface area is 171 Å². The van der Waals surface area contributed by atoms with Crippen molar-refractivity contribution in [2.45, 2.75) is 52.5 Å². The van der Waals surface area contributed by atoms with Crippen LogP contribution in [0.4, 0.5) is 0 Å². The number of carbonyl (C=O) groups is 2. The first-order valence-corrected chi connectivity index (χ1v) is 12.6. The molecule has 3 rings (SSSR count). The average Bonchev–Trinajstić information content (AvgIpc) is 3.19. The van der Waals surface area contributed by atoms with Crippen molar-refractivity contribution in [3.05, 3.63) is 21.4 Å². The molecular formula is C20H29NO5S2. The van der Waals surface area contributed by atoms with Crippen molar-refractivity contribution >= 4 is 33.1 Å². The number of aryl methyl sites for hydroxylation is 1. The Morgan fingerprint density at radius 1 is 1.32 bits per heavy atom. The number of ether oxygens (including phenoxy) is 1. The van der Waals surface area contributed by atoms with Crippen LogP contribution in [0.2, 0.25) is 0 Å². The third-order valence-corrected chi connectivity index (χ3v) is 8.36. The number of rotatable bonds is 6. The lowest BCUT2D eigenvalue weighted by Crippen LogP contribution is -2.45. The Bertz CT molecular complexity index is 843. The molecule has 0 saturated carbocycles. The average molecular weight is 428 g/mol. The fourth-order valence-corrected chi connectivity index (χ4v) is 6.79. The van der Waals surface area contributed by atoms with Crippen LogP contribution in [-0.4, -0.2) is 55.9 Å². The van der Waals surface area contributed by atoms with Crippen LogP contribution in [0.1, 0.15) is 53.7 Å². The van der Waals surface area contributed by atoms with Gasteiger partial charge < -0.3 is 9.64 Å². The number of thiophene rings is 1. The monoisotopic (exact) mass is 427 g/mol. The summed E-state index contributed by atoms with van der Waals surface area (Å²) < 4.78 is 28.9. The Balaban J connectivity index is 1.61. The molecule has 1 aromatic heterocycles. The molecule has 0 radical (unpaired) electrons. The maximum absolute atomic E-state index is 12.7. The second-order valence-corrected chi connectivity index (χ2v) is 11.8. The van der Waals surface area contributed by atoms with Gasteiger partial charge in [0.25, 0.3) is 5.91 Å². The highest BCUT2D eigenvalue weighted by atomic mass is 32.2. The number of amides is 1. The summed E-state index contributed by atoms with van der Waals surface area (Å²) >= 11 is 1.46. The molecule has 0 unspecified atom stereocenters. The van der Waals surface area contributed by atoms with E-state index in [1.165, 1.54) is 21.8 Å². The van der Waals surface area contributed by atoms with Crippen LogP contribution in [0.3, 0.4) is 0 Å². The molecule has 0 bridgehead atoms. The quantitative estimate of drug-likeness (QED) is 0.652. The molecular weight excluding hydrogens is 398 g/mol. The highest BCUT2D eigenvalue weighted by molar-refractivity contribution is 7.91. The number of esters is 1. The molecule has 2 aliphatic rings. The third-order valence-electron chi connectivity index (χ3n) is 5.39. The van der Waals surface area contributed by atoms with E-state index in [1.54, 1.807) is 4.90 Å². The minimum Gasteiger partial charge on any atom is -0.451 e. The van der Waals surface area contributed by atoms with Gasteiger partial charge in [-0.2, -0.15) is 0 Å². The Morgan fingerprint density at radius 3 is 2.71 bits per heavy atom. The van der Waals surface area contributed by atoms with Crippen LogP contribution in [0.5, 0.6) is 0 Å². The molecule has 0 N–H and O–H groups in total. The van der Waals surface area contributed by atoms with E-state index in [-0.39, 0.29) is 36.0 Å². The van der Waals surface area contributed by atoms with E-state index >= 15 is 0 Å². The van der Waals surface area contributed by atoms with Gasteiger partial charge in [0, 0.05) is 17.5 Å². The van der Waals surface area contributed by atoms with Crippen molar-refractivity contribution in [1.82, 2.24) is 4.90 Å². The Morgan fingerprint density at radius 2 is 2.07 bits per heavy atom. The lowest BCUT2D eigenvalue weighted by molar-refractivity contribution is -0.137. The van der Waals surface area contributed by atoms with E-state index in [4.69, 9.17) is 4.74 Å². The maximum Gasteiger partial charge on any atom is 0.348 e. The van der Waals surface area contributed by atoms with E-state index in [1.807, 2.05) is 19.9 Å². The molecule has 0 aromatic carbocycles. The van der Waals surface area contributed by atoms with Crippen molar-refractivity contribution < 1.29 is 22.7 Å². The minimum atomic E-state index is -3.09. The number of nitrogens with zero attached hydrogens (tertiary/aromatic N) is 1. The summed E-state index contributed by atoms with van der Waals surface area (Å²) in [6, 6.07) is 1.58. The van der Waals surface area contributed by atoms with Crippen LogP contribution in [-0.2, 0) is 32.2 Å². The molecule has 6 nitrogen and oxygen atoms in total. The third kappa shape index (κ3) is 5.14. The molecule has 1 fully saturated rings. The zero-order valence-corrected chi connectivity index (χ0v) is 18.4.